The summed E-state index contributed by atoms with van der Waals surface area (Å²) in [4.78, 5) is 15.8. The van der Waals surface area contributed by atoms with Gasteiger partial charge in [0.15, 0.2) is 0 Å². The van der Waals surface area contributed by atoms with Gasteiger partial charge in [-0.15, -0.1) is 0 Å². The number of aliphatic hydroxyl groups is 1. The molecule has 6 heteroatoms. The van der Waals surface area contributed by atoms with E-state index in [9.17, 15) is 9.90 Å². The second-order valence-corrected chi connectivity index (χ2v) is 6.59. The van der Waals surface area contributed by atoms with Crippen molar-refractivity contribution in [3.63, 3.8) is 0 Å². The van der Waals surface area contributed by atoms with Crippen LogP contribution in [0.15, 0.2) is 19.0 Å². The number of amides is 1. The largest absolute Gasteiger partial charge is 0.444 e. The van der Waals surface area contributed by atoms with Gasteiger partial charge in [0.2, 0.25) is 0 Å². The molecule has 6 nitrogen and oxygen atoms in total. The second kappa shape index (κ2) is 7.45. The number of rotatable bonds is 6. The average Bonchev–Trinajstić information content (AvgIpc) is 2.84. The first kappa shape index (κ1) is 18.2. The lowest BCUT2D eigenvalue weighted by Gasteiger charge is -2.20. The first-order chi connectivity index (χ1) is 10.1. The molecule has 0 spiro atoms. The van der Waals surface area contributed by atoms with Crippen LogP contribution in [0, 0.1) is 5.92 Å². The smallest absolute Gasteiger partial charge is 0.407 e. The maximum atomic E-state index is 11.6. The van der Waals surface area contributed by atoms with Crippen molar-refractivity contribution in [1.29, 1.82) is 0 Å². The van der Waals surface area contributed by atoms with Gasteiger partial charge in [0.05, 0.1) is 0 Å². The molecular formula is C16H27N3O3. The number of imidazole rings is 1. The lowest BCUT2D eigenvalue weighted by Crippen LogP contribution is -2.33. The first-order valence-electron chi connectivity index (χ1n) is 7.48. The van der Waals surface area contributed by atoms with Crippen LogP contribution < -0.4 is 5.32 Å². The van der Waals surface area contributed by atoms with Crippen molar-refractivity contribution in [2.75, 3.05) is 6.54 Å². The minimum atomic E-state index is -0.648. The van der Waals surface area contributed by atoms with Gasteiger partial charge in [0.1, 0.15) is 17.5 Å². The highest BCUT2D eigenvalue weighted by molar-refractivity contribution is 5.67. The maximum Gasteiger partial charge on any atom is 0.407 e. The van der Waals surface area contributed by atoms with E-state index in [2.05, 4.69) is 16.9 Å². The Balaban J connectivity index is 2.54. The van der Waals surface area contributed by atoms with Gasteiger partial charge in [-0.2, -0.15) is 0 Å². The van der Waals surface area contributed by atoms with Crippen molar-refractivity contribution in [3.05, 3.63) is 24.8 Å². The maximum absolute atomic E-state index is 11.6. The van der Waals surface area contributed by atoms with E-state index in [0.29, 0.717) is 18.8 Å². The molecule has 0 aliphatic rings. The fourth-order valence-corrected chi connectivity index (χ4v) is 1.84. The molecule has 1 aromatic rings. The summed E-state index contributed by atoms with van der Waals surface area (Å²) < 4.78 is 6.93. The number of hydrogen-bond donors (Lipinski definition) is 2. The van der Waals surface area contributed by atoms with Gasteiger partial charge in [-0.25, -0.2) is 9.78 Å². The van der Waals surface area contributed by atoms with E-state index in [1.807, 2.05) is 34.6 Å². The van der Waals surface area contributed by atoms with Crippen LogP contribution in [-0.2, 0) is 4.74 Å². The van der Waals surface area contributed by atoms with Crippen LogP contribution in [0.25, 0.3) is 5.70 Å². The van der Waals surface area contributed by atoms with Crippen molar-refractivity contribution < 1.29 is 14.6 Å². The van der Waals surface area contributed by atoms with Gasteiger partial charge in [-0.05, 0) is 26.7 Å². The number of carbonyl (C=O) groups is 1. The quantitative estimate of drug-likeness (QED) is 0.847. The van der Waals surface area contributed by atoms with Gasteiger partial charge >= 0.3 is 6.09 Å². The Kier molecular flexibility index (Phi) is 6.17. The summed E-state index contributed by atoms with van der Waals surface area (Å²) in [6.45, 7) is 13.7. The first-order valence-corrected chi connectivity index (χ1v) is 7.48. The summed E-state index contributed by atoms with van der Waals surface area (Å²) in [5.74, 6) is 0.631. The number of aromatic nitrogens is 2. The molecule has 1 amide bonds. The second-order valence-electron chi connectivity index (χ2n) is 6.59. The molecule has 0 aromatic carbocycles. The van der Waals surface area contributed by atoms with Crippen LogP contribution in [0.1, 0.15) is 53.0 Å². The highest BCUT2D eigenvalue weighted by Gasteiger charge is 2.19. The van der Waals surface area contributed by atoms with E-state index in [0.717, 1.165) is 5.70 Å². The predicted molar refractivity (Wildman–Crippen MR) is 86.2 cm³/mol. The number of nitrogens with zero attached hydrogens (tertiary/aromatic N) is 2. The van der Waals surface area contributed by atoms with Crippen molar-refractivity contribution >= 4 is 11.8 Å². The molecule has 1 unspecified atom stereocenters. The Hall–Kier alpha value is -1.82. The van der Waals surface area contributed by atoms with Crippen LogP contribution in [0.2, 0.25) is 0 Å². The number of carbonyl (C=O) groups excluding carboxylic acids is 1. The average molecular weight is 309 g/mol. The lowest BCUT2D eigenvalue weighted by molar-refractivity contribution is 0.0529. The number of hydrogen-bond acceptors (Lipinski definition) is 4. The number of ether oxygens (including phenoxy) is 1. The SMILES string of the molecule is C=C(CCNC(=O)OC(C)(C)C)n1ccnc1C(O)C(C)C. The normalized spacial score (nSPS) is 13.0. The predicted octanol–water partition coefficient (Wildman–Crippen LogP) is 2.96. The highest BCUT2D eigenvalue weighted by atomic mass is 16.6. The third kappa shape index (κ3) is 5.52. The van der Waals surface area contributed by atoms with Crippen LogP contribution in [0.5, 0.6) is 0 Å². The molecule has 0 radical (unpaired) electrons. The summed E-state index contributed by atoms with van der Waals surface area (Å²) in [5.41, 5.74) is 0.239. The van der Waals surface area contributed by atoms with Gasteiger partial charge < -0.3 is 19.7 Å². The van der Waals surface area contributed by atoms with Crippen molar-refractivity contribution in [2.45, 2.75) is 52.7 Å². The van der Waals surface area contributed by atoms with E-state index in [4.69, 9.17) is 4.74 Å². The zero-order valence-corrected chi connectivity index (χ0v) is 14.1. The standard InChI is InChI=1S/C16H27N3O3/c1-11(2)13(20)14-17-9-10-19(14)12(3)7-8-18-15(21)22-16(4,5)6/h9-11,13,20H,3,7-8H2,1-2,4-6H3,(H,18,21). The molecule has 0 fully saturated rings. The van der Waals surface area contributed by atoms with Crippen molar-refractivity contribution in [3.8, 4) is 0 Å². The minimum absolute atomic E-state index is 0.0637. The van der Waals surface area contributed by atoms with Gasteiger partial charge in [0, 0.05) is 31.1 Å². The van der Waals surface area contributed by atoms with E-state index in [1.54, 1.807) is 17.0 Å². The van der Waals surface area contributed by atoms with Crippen molar-refractivity contribution in [2.24, 2.45) is 5.92 Å². The molecule has 0 bridgehead atoms. The van der Waals surface area contributed by atoms with E-state index in [-0.39, 0.29) is 5.92 Å². The fourth-order valence-electron chi connectivity index (χ4n) is 1.84. The molecule has 0 aliphatic carbocycles. The molecule has 22 heavy (non-hydrogen) atoms. The minimum Gasteiger partial charge on any atom is -0.444 e. The Morgan fingerprint density at radius 2 is 2.14 bits per heavy atom. The van der Waals surface area contributed by atoms with E-state index in [1.165, 1.54) is 0 Å². The molecular weight excluding hydrogens is 282 g/mol. The Morgan fingerprint density at radius 1 is 1.50 bits per heavy atom. The van der Waals surface area contributed by atoms with Gasteiger partial charge in [0.25, 0.3) is 0 Å². The van der Waals surface area contributed by atoms with Crippen molar-refractivity contribution in [1.82, 2.24) is 14.9 Å². The summed E-state index contributed by atoms with van der Waals surface area (Å²) in [6.07, 6.45) is 2.83. The zero-order chi connectivity index (χ0) is 16.9. The molecule has 1 atom stereocenters. The lowest BCUT2D eigenvalue weighted by atomic mass is 10.1. The van der Waals surface area contributed by atoms with Gasteiger partial charge in [-0.1, -0.05) is 20.4 Å². The number of nitrogens with one attached hydrogen (secondary N) is 1. The van der Waals surface area contributed by atoms with E-state index < -0.39 is 17.8 Å². The number of aliphatic hydroxyl groups excluding tert-OH is 1. The summed E-state index contributed by atoms with van der Waals surface area (Å²) >= 11 is 0. The Morgan fingerprint density at radius 3 is 2.68 bits per heavy atom. The van der Waals surface area contributed by atoms with Crippen LogP contribution >= 0.6 is 0 Å². The van der Waals surface area contributed by atoms with Crippen LogP contribution in [0.4, 0.5) is 4.79 Å². The summed E-state index contributed by atoms with van der Waals surface area (Å²) in [7, 11) is 0. The monoisotopic (exact) mass is 309 g/mol. The molecule has 1 aromatic heterocycles. The number of alkyl carbamates (subject to hydrolysis) is 1. The molecule has 0 saturated heterocycles. The Bertz CT molecular complexity index is 515. The molecule has 124 valence electrons. The Labute approximate surface area is 132 Å². The third-order valence-electron chi connectivity index (χ3n) is 2.99. The van der Waals surface area contributed by atoms with E-state index >= 15 is 0 Å². The molecule has 1 heterocycles. The molecule has 1 rings (SSSR count). The third-order valence-corrected chi connectivity index (χ3v) is 2.99. The summed E-state index contributed by atoms with van der Waals surface area (Å²) in [5, 5.41) is 12.8. The fraction of sp³-hybridized carbons (Fsp3) is 0.625. The molecule has 2 N–H and O–H groups in total. The topological polar surface area (TPSA) is 76.4 Å². The molecule has 0 saturated carbocycles. The van der Waals surface area contributed by atoms with Crippen LogP contribution in [-0.4, -0.2) is 32.9 Å². The zero-order valence-electron chi connectivity index (χ0n) is 14.1. The summed E-state index contributed by atoms with van der Waals surface area (Å²) in [6, 6.07) is 0. The van der Waals surface area contributed by atoms with Gasteiger partial charge in [-0.3, -0.25) is 0 Å². The molecule has 0 aliphatic heterocycles. The van der Waals surface area contributed by atoms with Crippen LogP contribution in [0.3, 0.4) is 0 Å². The highest BCUT2D eigenvalue weighted by Crippen LogP contribution is 2.22.